The molecule has 106 valence electrons. The molecule has 0 aromatic rings. The molecule has 3 rings (SSSR count). The number of carbonyl (C=O) groups excluding carboxylic acids is 6. The van der Waals surface area contributed by atoms with Gasteiger partial charge in [0.25, 0.3) is 0 Å². The highest BCUT2D eigenvalue weighted by molar-refractivity contribution is 7.46. The summed E-state index contributed by atoms with van der Waals surface area (Å²) in [5.41, 5.74) is 0. The topological polar surface area (TPSA) is 158 Å². The van der Waals surface area contributed by atoms with Gasteiger partial charge >= 0.3 is 53.0 Å². The molecule has 2 bridgehead atoms. The van der Waals surface area contributed by atoms with E-state index in [9.17, 15) is 28.8 Å². The van der Waals surface area contributed by atoms with Crippen LogP contribution in [0.2, 0.25) is 0 Å². The van der Waals surface area contributed by atoms with Gasteiger partial charge in [-0.2, -0.15) is 0 Å². The van der Waals surface area contributed by atoms with Gasteiger partial charge < -0.3 is 27.1 Å². The third-order valence-electron chi connectivity index (χ3n) is 1.44. The second-order valence-electron chi connectivity index (χ2n) is 2.72. The van der Waals surface area contributed by atoms with Crippen LogP contribution in [0.4, 0.5) is 0 Å². The molecule has 3 aliphatic heterocycles. The summed E-state index contributed by atoms with van der Waals surface area (Å²) in [5, 5.41) is 0. The van der Waals surface area contributed by atoms with E-state index in [4.69, 9.17) is 0 Å². The summed E-state index contributed by atoms with van der Waals surface area (Å²) in [6.45, 7) is 0. The van der Waals surface area contributed by atoms with Gasteiger partial charge in [0.05, 0.1) is 0 Å². The predicted octanol–water partition coefficient (Wildman–Crippen LogP) is -1.27. The van der Waals surface area contributed by atoms with Crippen LogP contribution in [-0.4, -0.2) is 35.8 Å². The number of rotatable bonds is 0. The average Bonchev–Trinajstić information content (AvgIpc) is 2.35. The lowest BCUT2D eigenvalue weighted by Gasteiger charge is -2.19. The van der Waals surface area contributed by atoms with Crippen molar-refractivity contribution < 1.29 is 55.9 Å². The SMILES string of the molecule is O=C1OP2OC(=O)C(=O)OP(OC1=O)OC(=O)C(=O)O2. The van der Waals surface area contributed by atoms with E-state index >= 15 is 0 Å². The molecule has 3 heterocycles. The molecule has 0 radical (unpaired) electrons. The zero-order chi connectivity index (χ0) is 14.9. The molecule has 0 spiro atoms. The minimum absolute atomic E-state index is 1.71. The maximum atomic E-state index is 11.1. The Hall–Kier alpha value is -2.32. The molecule has 12 nitrogen and oxygen atoms in total. The molecule has 20 heavy (non-hydrogen) atoms. The molecule has 3 saturated heterocycles. The smallest absolute Gasteiger partial charge is 0.366 e. The number of hydrogen-bond acceptors (Lipinski definition) is 12. The molecule has 0 N–H and O–H groups in total. The summed E-state index contributed by atoms with van der Waals surface area (Å²) < 4.78 is 25.0. The number of carbonyl (C=O) groups is 6. The van der Waals surface area contributed by atoms with Gasteiger partial charge in [0.15, 0.2) is 0 Å². The lowest BCUT2D eigenvalue weighted by molar-refractivity contribution is -0.169. The summed E-state index contributed by atoms with van der Waals surface area (Å²) in [4.78, 5) is 66.8. The van der Waals surface area contributed by atoms with Crippen LogP contribution in [0, 0.1) is 0 Å². The number of hydrogen-bond donors (Lipinski definition) is 0. The minimum Gasteiger partial charge on any atom is -0.366 e. The molecule has 0 atom stereocenters. The van der Waals surface area contributed by atoms with Gasteiger partial charge in [-0.3, -0.25) is 0 Å². The van der Waals surface area contributed by atoms with Crippen molar-refractivity contribution in [2.24, 2.45) is 0 Å². The lowest BCUT2D eigenvalue weighted by Crippen LogP contribution is -2.29. The average molecular weight is 326 g/mol. The molecule has 0 amide bonds. The summed E-state index contributed by atoms with van der Waals surface area (Å²) in [6, 6.07) is 0. The molecule has 0 saturated carbocycles. The Bertz CT molecular complexity index is 414. The van der Waals surface area contributed by atoms with Gasteiger partial charge in [-0.05, 0) is 0 Å². The molecule has 14 heteroatoms. The van der Waals surface area contributed by atoms with Crippen molar-refractivity contribution in [2.45, 2.75) is 0 Å². The summed E-state index contributed by atoms with van der Waals surface area (Å²) >= 11 is 0. The molecule has 0 aliphatic carbocycles. The molecular formula is C6O12P2. The molecule has 0 aromatic carbocycles. The van der Waals surface area contributed by atoms with Crippen molar-refractivity contribution in [3.05, 3.63) is 0 Å². The maximum Gasteiger partial charge on any atom is 0.538 e. The van der Waals surface area contributed by atoms with Gasteiger partial charge in [-0.15, -0.1) is 0 Å². The second kappa shape index (κ2) is 5.35. The van der Waals surface area contributed by atoms with E-state index in [-0.39, 0.29) is 0 Å². The zero-order valence-corrected chi connectivity index (χ0v) is 10.6. The third kappa shape index (κ3) is 2.98. The third-order valence-corrected chi connectivity index (χ3v) is 3.33. The standard InChI is InChI=1S/C6O12P2/c7-1-2(8)14-20-17-5(11)3(9)15-19(13-1)16-4(10)6(12)18-20. The van der Waals surface area contributed by atoms with E-state index in [1.807, 2.05) is 0 Å². The van der Waals surface area contributed by atoms with Crippen LogP contribution in [0.15, 0.2) is 0 Å². The Kier molecular flexibility index (Phi) is 3.77. The molecule has 0 unspecified atom stereocenters. The second-order valence-corrected chi connectivity index (χ2v) is 4.71. The van der Waals surface area contributed by atoms with Gasteiger partial charge in [0.1, 0.15) is 0 Å². The molecule has 3 fully saturated rings. The van der Waals surface area contributed by atoms with Crippen LogP contribution < -0.4 is 0 Å². The first-order valence-electron chi connectivity index (χ1n) is 4.29. The van der Waals surface area contributed by atoms with Crippen LogP contribution in [0.1, 0.15) is 0 Å². The molecule has 0 aromatic heterocycles. The van der Waals surface area contributed by atoms with Crippen LogP contribution >= 0.6 is 17.2 Å². The van der Waals surface area contributed by atoms with Crippen molar-refractivity contribution in [1.82, 2.24) is 0 Å². The van der Waals surface area contributed by atoms with Crippen LogP contribution in [0.3, 0.4) is 0 Å². The first-order chi connectivity index (χ1) is 9.36. The fraction of sp³-hybridized carbons (Fsp3) is 0. The molecular weight excluding hydrogens is 326 g/mol. The van der Waals surface area contributed by atoms with Crippen LogP contribution in [0.5, 0.6) is 0 Å². The van der Waals surface area contributed by atoms with Crippen molar-refractivity contribution >= 4 is 53.0 Å². The van der Waals surface area contributed by atoms with E-state index in [1.54, 1.807) is 0 Å². The summed E-state index contributed by atoms with van der Waals surface area (Å²) in [6.07, 6.45) is 0. The van der Waals surface area contributed by atoms with Gasteiger partial charge in [-0.25, -0.2) is 28.8 Å². The van der Waals surface area contributed by atoms with E-state index in [1.165, 1.54) is 0 Å². The van der Waals surface area contributed by atoms with Crippen molar-refractivity contribution in [2.75, 3.05) is 0 Å². The normalized spacial score (nSPS) is 27.0. The highest BCUT2D eigenvalue weighted by Crippen LogP contribution is 2.47. The quantitative estimate of drug-likeness (QED) is 0.384. The fourth-order valence-corrected chi connectivity index (χ4v) is 2.22. The highest BCUT2D eigenvalue weighted by Gasteiger charge is 2.45. The Labute approximate surface area is 110 Å². The maximum absolute atomic E-state index is 11.1. The first-order valence-corrected chi connectivity index (χ1v) is 6.49. The van der Waals surface area contributed by atoms with E-state index in [0.717, 1.165) is 0 Å². The fourth-order valence-electron chi connectivity index (χ4n) is 0.742. The lowest BCUT2D eigenvalue weighted by atomic mass is 10.7. The number of fused-ring (bicyclic) bond motifs is 9. The largest absolute Gasteiger partial charge is 0.538 e. The minimum atomic E-state index is -3.17. The zero-order valence-electron chi connectivity index (χ0n) is 8.79. The van der Waals surface area contributed by atoms with Crippen LogP contribution in [0.25, 0.3) is 0 Å². The molecule has 3 aliphatic rings. The van der Waals surface area contributed by atoms with Crippen molar-refractivity contribution in [1.29, 1.82) is 0 Å². The van der Waals surface area contributed by atoms with E-state index < -0.39 is 53.0 Å². The van der Waals surface area contributed by atoms with Gasteiger partial charge in [-0.1, -0.05) is 0 Å². The Morgan fingerprint density at radius 1 is 0.400 bits per heavy atom. The van der Waals surface area contributed by atoms with Crippen molar-refractivity contribution in [3.63, 3.8) is 0 Å². The van der Waals surface area contributed by atoms with Crippen molar-refractivity contribution in [3.8, 4) is 0 Å². The summed E-state index contributed by atoms with van der Waals surface area (Å²) in [7, 11) is -6.33. The van der Waals surface area contributed by atoms with E-state index in [2.05, 4.69) is 27.1 Å². The van der Waals surface area contributed by atoms with E-state index in [0.29, 0.717) is 0 Å². The first kappa shape index (κ1) is 14.1. The summed E-state index contributed by atoms with van der Waals surface area (Å²) in [5.74, 6) is -10.2. The van der Waals surface area contributed by atoms with Gasteiger partial charge in [0.2, 0.25) is 0 Å². The Morgan fingerprint density at radius 2 is 0.550 bits per heavy atom. The monoisotopic (exact) mass is 326 g/mol. The van der Waals surface area contributed by atoms with Crippen LogP contribution in [-0.2, 0) is 55.9 Å². The Morgan fingerprint density at radius 3 is 0.700 bits per heavy atom. The Balaban J connectivity index is 2.40. The highest BCUT2D eigenvalue weighted by atomic mass is 31.2. The predicted molar refractivity (Wildman–Crippen MR) is 50.4 cm³/mol. The van der Waals surface area contributed by atoms with Gasteiger partial charge in [0, 0.05) is 0 Å².